The zero-order valence-electron chi connectivity index (χ0n) is 22.1. The Morgan fingerprint density at radius 1 is 1.08 bits per heavy atom. The van der Waals surface area contributed by atoms with Crippen LogP contribution in [-0.4, -0.2) is 45.0 Å². The lowest BCUT2D eigenvalue weighted by molar-refractivity contribution is -0.127. The Morgan fingerprint density at radius 3 is 2.43 bits per heavy atom. The van der Waals surface area contributed by atoms with Gasteiger partial charge in [0.15, 0.2) is 0 Å². The molecule has 0 bridgehead atoms. The number of aliphatic imine (C=N–C) groups is 1. The first-order valence-electron chi connectivity index (χ1n) is 12.9. The topological polar surface area (TPSA) is 101 Å². The Kier molecular flexibility index (Phi) is 7.64. The summed E-state index contributed by atoms with van der Waals surface area (Å²) in [7, 11) is 0. The van der Waals surface area contributed by atoms with Gasteiger partial charge in [-0.15, -0.1) is 0 Å². The van der Waals surface area contributed by atoms with E-state index in [1.54, 1.807) is 20.0 Å². The van der Waals surface area contributed by atoms with Gasteiger partial charge in [0.1, 0.15) is 5.84 Å². The summed E-state index contributed by atoms with van der Waals surface area (Å²) in [6.07, 6.45) is 5.76. The number of benzene rings is 2. The van der Waals surface area contributed by atoms with Crippen LogP contribution in [-0.2, 0) is 11.3 Å². The monoisotopic (exact) mass is 500 g/mol. The van der Waals surface area contributed by atoms with Gasteiger partial charge in [0.25, 0.3) is 5.56 Å². The summed E-state index contributed by atoms with van der Waals surface area (Å²) in [4.78, 5) is 32.7. The summed E-state index contributed by atoms with van der Waals surface area (Å²) in [5.74, 6) is 0.429. The lowest BCUT2D eigenvalue weighted by Crippen LogP contribution is -2.34. The molecule has 1 aliphatic rings. The molecule has 0 spiro atoms. The highest BCUT2D eigenvalue weighted by atomic mass is 16.3. The van der Waals surface area contributed by atoms with Crippen LogP contribution >= 0.6 is 0 Å². The number of pyridine rings is 1. The smallest absolute Gasteiger partial charge is 0.258 e. The highest BCUT2D eigenvalue weighted by Gasteiger charge is 2.21. The molecule has 4 rings (SSSR count). The molecular weight excluding hydrogens is 464 g/mol. The highest BCUT2D eigenvalue weighted by Crippen LogP contribution is 2.33. The van der Waals surface area contributed by atoms with Gasteiger partial charge in [-0.05, 0) is 73.5 Å². The number of aliphatic hydroxyl groups is 1. The third kappa shape index (κ3) is 6.00. The van der Waals surface area contributed by atoms with Crippen LogP contribution in [0.15, 0.2) is 64.0 Å². The second-order valence-electron chi connectivity index (χ2n) is 10.4. The maximum absolute atomic E-state index is 13.2. The largest absolute Gasteiger partial charge is 0.389 e. The normalized spacial score (nSPS) is 13.5. The SMILES string of the molecule is CCCN(CCC)C(=O)C1=Cc2ccc(-c3ccc4c(=O)n(CC(C)(C)O)ccc4c3)cc2N=C(N)C1. The zero-order chi connectivity index (χ0) is 26.7. The molecule has 3 N–H and O–H groups in total. The number of hydrogen-bond acceptors (Lipinski definition) is 5. The van der Waals surface area contributed by atoms with Crippen LogP contribution in [0.2, 0.25) is 0 Å². The van der Waals surface area contributed by atoms with Gasteiger partial charge in [-0.3, -0.25) is 9.59 Å². The fourth-order valence-corrected chi connectivity index (χ4v) is 4.77. The molecule has 2 aromatic carbocycles. The van der Waals surface area contributed by atoms with E-state index in [0.29, 0.717) is 23.2 Å². The van der Waals surface area contributed by atoms with Crippen molar-refractivity contribution in [1.82, 2.24) is 9.47 Å². The van der Waals surface area contributed by atoms with E-state index in [2.05, 4.69) is 18.8 Å². The molecule has 0 saturated heterocycles. The molecule has 2 heterocycles. The number of amidine groups is 1. The van der Waals surface area contributed by atoms with Crippen molar-refractivity contribution in [2.24, 2.45) is 10.7 Å². The van der Waals surface area contributed by atoms with Crippen molar-refractivity contribution in [3.63, 3.8) is 0 Å². The van der Waals surface area contributed by atoms with Crippen molar-refractivity contribution in [3.8, 4) is 11.1 Å². The Morgan fingerprint density at radius 2 is 1.76 bits per heavy atom. The molecule has 7 nitrogen and oxygen atoms in total. The molecule has 3 aromatic rings. The molecule has 1 aromatic heterocycles. The van der Waals surface area contributed by atoms with Gasteiger partial charge in [0.2, 0.25) is 5.91 Å². The minimum Gasteiger partial charge on any atom is -0.389 e. The fraction of sp³-hybridized carbons (Fsp3) is 0.367. The van der Waals surface area contributed by atoms with E-state index < -0.39 is 5.60 Å². The minimum absolute atomic E-state index is 0.0172. The maximum Gasteiger partial charge on any atom is 0.258 e. The molecule has 7 heteroatoms. The van der Waals surface area contributed by atoms with E-state index in [9.17, 15) is 14.7 Å². The van der Waals surface area contributed by atoms with Gasteiger partial charge in [-0.2, -0.15) is 0 Å². The first-order chi connectivity index (χ1) is 17.6. The van der Waals surface area contributed by atoms with Crippen LogP contribution in [0.4, 0.5) is 5.69 Å². The molecule has 0 aliphatic carbocycles. The molecule has 0 fully saturated rings. The van der Waals surface area contributed by atoms with Gasteiger partial charge < -0.3 is 20.3 Å². The number of nitrogens with two attached hydrogens (primary N) is 1. The molecule has 0 unspecified atom stereocenters. The number of rotatable bonds is 8. The van der Waals surface area contributed by atoms with Crippen molar-refractivity contribution in [1.29, 1.82) is 0 Å². The number of fused-ring (bicyclic) bond motifs is 2. The standard InChI is InChI=1S/C30H36N4O3/c1-5-12-33(13-6-2)28(35)24-16-23-8-7-21(17-26(23)32-27(31)18-24)20-9-10-25-22(15-20)11-14-34(29(25)36)19-30(3,4)37/h7-11,14-17,37H,5-6,12-13,18-19H2,1-4H3,(H2,31,32). The maximum atomic E-state index is 13.2. The Balaban J connectivity index is 1.69. The van der Waals surface area contributed by atoms with E-state index in [1.807, 2.05) is 53.4 Å². The molecule has 0 saturated carbocycles. The van der Waals surface area contributed by atoms with Gasteiger partial charge >= 0.3 is 0 Å². The molecule has 1 aliphatic heterocycles. The summed E-state index contributed by atoms with van der Waals surface area (Å²) in [5.41, 5.74) is 9.26. The number of hydrogen-bond donors (Lipinski definition) is 2. The number of aromatic nitrogens is 1. The summed E-state index contributed by atoms with van der Waals surface area (Å²) in [5, 5.41) is 11.5. The van der Waals surface area contributed by atoms with Crippen LogP contribution < -0.4 is 11.3 Å². The number of carbonyl (C=O) groups excluding carboxylic acids is 1. The molecule has 0 atom stereocenters. The highest BCUT2D eigenvalue weighted by molar-refractivity contribution is 6.05. The van der Waals surface area contributed by atoms with Crippen molar-refractivity contribution in [3.05, 3.63) is 70.2 Å². The van der Waals surface area contributed by atoms with Gasteiger partial charge in [-0.1, -0.05) is 32.0 Å². The molecular formula is C30H36N4O3. The average Bonchev–Trinajstić information content (AvgIpc) is 3.01. The van der Waals surface area contributed by atoms with Crippen LogP contribution in [0.1, 0.15) is 52.5 Å². The van der Waals surface area contributed by atoms with Gasteiger partial charge in [0, 0.05) is 42.2 Å². The first-order valence-corrected chi connectivity index (χ1v) is 12.9. The average molecular weight is 501 g/mol. The fourth-order valence-electron chi connectivity index (χ4n) is 4.77. The summed E-state index contributed by atoms with van der Waals surface area (Å²) in [6, 6.07) is 13.6. The zero-order valence-corrected chi connectivity index (χ0v) is 22.1. The van der Waals surface area contributed by atoms with E-state index in [-0.39, 0.29) is 18.0 Å². The van der Waals surface area contributed by atoms with Crippen LogP contribution in [0, 0.1) is 0 Å². The predicted molar refractivity (Wildman–Crippen MR) is 151 cm³/mol. The quantitative estimate of drug-likeness (QED) is 0.461. The van der Waals surface area contributed by atoms with Gasteiger partial charge in [0.05, 0.1) is 17.8 Å². The molecule has 37 heavy (non-hydrogen) atoms. The van der Waals surface area contributed by atoms with Crippen LogP contribution in [0.25, 0.3) is 28.0 Å². The van der Waals surface area contributed by atoms with Crippen molar-refractivity contribution in [2.75, 3.05) is 13.1 Å². The molecule has 194 valence electrons. The van der Waals surface area contributed by atoms with Gasteiger partial charge in [-0.25, -0.2) is 4.99 Å². The van der Waals surface area contributed by atoms with E-state index in [0.717, 1.165) is 53.7 Å². The first kappa shape index (κ1) is 26.4. The summed E-state index contributed by atoms with van der Waals surface area (Å²) in [6.45, 7) is 9.17. The summed E-state index contributed by atoms with van der Waals surface area (Å²) < 4.78 is 1.54. The summed E-state index contributed by atoms with van der Waals surface area (Å²) >= 11 is 0. The molecule has 0 radical (unpaired) electrons. The molecule has 1 amide bonds. The van der Waals surface area contributed by atoms with E-state index in [1.165, 1.54) is 4.57 Å². The van der Waals surface area contributed by atoms with E-state index >= 15 is 0 Å². The Bertz CT molecular complexity index is 1440. The van der Waals surface area contributed by atoms with Crippen molar-refractivity contribution < 1.29 is 9.90 Å². The van der Waals surface area contributed by atoms with Crippen LogP contribution in [0.3, 0.4) is 0 Å². The third-order valence-electron chi connectivity index (χ3n) is 6.41. The van der Waals surface area contributed by atoms with Crippen molar-refractivity contribution >= 4 is 34.3 Å². The minimum atomic E-state index is -0.981. The van der Waals surface area contributed by atoms with E-state index in [4.69, 9.17) is 5.73 Å². The number of carbonyl (C=O) groups is 1. The lowest BCUT2D eigenvalue weighted by Gasteiger charge is -2.22. The second-order valence-corrected chi connectivity index (χ2v) is 10.4. The third-order valence-corrected chi connectivity index (χ3v) is 6.41. The predicted octanol–water partition coefficient (Wildman–Crippen LogP) is 4.86. The number of amides is 1. The van der Waals surface area contributed by atoms with Crippen molar-refractivity contribution in [2.45, 2.75) is 59.1 Å². The Hall–Kier alpha value is -3.71. The second kappa shape index (κ2) is 10.7. The Labute approximate surface area is 217 Å². The van der Waals surface area contributed by atoms with Crippen LogP contribution in [0.5, 0.6) is 0 Å². The lowest BCUT2D eigenvalue weighted by atomic mass is 9.99. The number of nitrogens with zero attached hydrogens (tertiary/aromatic N) is 3.